The molecule has 2 aromatic heterocycles. The third-order valence-corrected chi connectivity index (χ3v) is 5.84. The van der Waals surface area contributed by atoms with Crippen LogP contribution in [0.5, 0.6) is 5.75 Å². The molecule has 0 amide bonds. The minimum absolute atomic E-state index is 0.574. The Morgan fingerprint density at radius 1 is 1.12 bits per heavy atom. The number of aliphatic hydroxyl groups is 1. The van der Waals surface area contributed by atoms with E-state index in [1.54, 1.807) is 13.4 Å². The van der Waals surface area contributed by atoms with E-state index in [-0.39, 0.29) is 0 Å². The molecular weight excluding hydrogens is 402 g/mol. The molecule has 0 aliphatic carbocycles. The quantitative estimate of drug-likeness (QED) is 0.521. The van der Waals surface area contributed by atoms with Gasteiger partial charge in [-0.3, -0.25) is 0 Å². The van der Waals surface area contributed by atoms with E-state index in [0.717, 1.165) is 41.2 Å². The Hall–Kier alpha value is -3.71. The van der Waals surface area contributed by atoms with Gasteiger partial charge in [0, 0.05) is 12.7 Å². The van der Waals surface area contributed by atoms with Crippen LogP contribution in [0.2, 0.25) is 0 Å². The van der Waals surface area contributed by atoms with E-state index in [1.807, 2.05) is 83.1 Å². The molecule has 162 valence electrons. The van der Waals surface area contributed by atoms with Crippen LogP contribution < -0.4 is 4.74 Å². The van der Waals surface area contributed by atoms with E-state index >= 15 is 0 Å². The second-order valence-corrected chi connectivity index (χ2v) is 8.03. The molecule has 4 aromatic rings. The number of fused-ring (bicyclic) bond motifs is 1. The Morgan fingerprint density at radius 3 is 2.72 bits per heavy atom. The Kier molecular flexibility index (Phi) is 5.11. The molecule has 1 unspecified atom stereocenters. The molecular formula is C25H25N5O2. The van der Waals surface area contributed by atoms with E-state index in [9.17, 15) is 5.11 Å². The Bertz CT molecular complexity index is 1270. The number of benzene rings is 2. The molecule has 1 aliphatic heterocycles. The zero-order valence-electron chi connectivity index (χ0n) is 18.1. The second kappa shape index (κ2) is 8.09. The Balaban J connectivity index is 1.44. The van der Waals surface area contributed by atoms with Gasteiger partial charge in [0.05, 0.1) is 24.8 Å². The predicted octanol–water partition coefficient (Wildman–Crippen LogP) is 3.98. The first-order chi connectivity index (χ1) is 15.6. The van der Waals surface area contributed by atoms with Crippen molar-refractivity contribution in [3.8, 4) is 11.4 Å². The van der Waals surface area contributed by atoms with Crippen molar-refractivity contribution >= 4 is 12.2 Å². The van der Waals surface area contributed by atoms with Crippen molar-refractivity contribution in [3.63, 3.8) is 0 Å². The van der Waals surface area contributed by atoms with E-state index in [2.05, 4.69) is 15.1 Å². The van der Waals surface area contributed by atoms with E-state index < -0.39 is 5.60 Å². The molecule has 0 fully saturated rings. The topological polar surface area (TPSA) is 78.0 Å². The minimum atomic E-state index is -1.12. The first-order valence-electron chi connectivity index (χ1n) is 10.7. The summed E-state index contributed by atoms with van der Waals surface area (Å²) in [6.07, 6.45) is 9.03. The molecule has 0 bridgehead atoms. The number of rotatable bonds is 5. The van der Waals surface area contributed by atoms with Gasteiger partial charge in [-0.15, -0.1) is 0 Å². The maximum Gasteiger partial charge on any atom is 0.174 e. The summed E-state index contributed by atoms with van der Waals surface area (Å²) in [5.74, 6) is 1.92. The molecule has 1 atom stereocenters. The first-order valence-corrected chi connectivity index (χ1v) is 10.7. The van der Waals surface area contributed by atoms with E-state index in [0.29, 0.717) is 18.1 Å². The normalized spacial score (nSPS) is 18.1. The van der Waals surface area contributed by atoms with Crippen LogP contribution in [0.4, 0.5) is 0 Å². The fraction of sp³-hybridized carbons (Fsp3) is 0.240. The molecule has 7 heteroatoms. The fourth-order valence-electron chi connectivity index (χ4n) is 4.21. The zero-order valence-corrected chi connectivity index (χ0v) is 18.1. The van der Waals surface area contributed by atoms with Gasteiger partial charge in [-0.2, -0.15) is 5.10 Å². The molecule has 0 radical (unpaired) electrons. The molecule has 3 heterocycles. The SMILES string of the molecule is COc1cc(/C=C/c2nc3n(n2)CCCC3(O)c2ccccc2)ccc1-n1cnc(C)c1. The van der Waals surface area contributed by atoms with Gasteiger partial charge in [-0.1, -0.05) is 42.5 Å². The Morgan fingerprint density at radius 2 is 1.97 bits per heavy atom. The number of methoxy groups -OCH3 is 1. The van der Waals surface area contributed by atoms with Gasteiger partial charge in [0.1, 0.15) is 11.4 Å². The van der Waals surface area contributed by atoms with Gasteiger partial charge >= 0.3 is 0 Å². The van der Waals surface area contributed by atoms with Crippen molar-refractivity contribution < 1.29 is 9.84 Å². The standard InChI is InChI=1S/C25H25N5O2/c1-18-16-29(17-26-18)21-11-9-19(15-22(21)32-2)10-12-23-27-24-25(31,13-6-14-30(24)28-23)20-7-4-3-5-8-20/h3-5,7-12,15-17,31H,6,13-14H2,1-2H3/b12-10+. The maximum atomic E-state index is 11.4. The summed E-state index contributed by atoms with van der Waals surface area (Å²) in [7, 11) is 1.66. The summed E-state index contributed by atoms with van der Waals surface area (Å²) in [5.41, 5.74) is 2.56. The van der Waals surface area contributed by atoms with Crippen molar-refractivity contribution in [1.29, 1.82) is 0 Å². The van der Waals surface area contributed by atoms with Gasteiger partial charge < -0.3 is 14.4 Å². The highest BCUT2D eigenvalue weighted by Gasteiger charge is 2.39. The summed E-state index contributed by atoms with van der Waals surface area (Å²) < 4.78 is 9.36. The molecule has 7 nitrogen and oxygen atoms in total. The van der Waals surface area contributed by atoms with Gasteiger partial charge in [0.25, 0.3) is 0 Å². The van der Waals surface area contributed by atoms with Crippen LogP contribution in [0.1, 0.15) is 41.3 Å². The molecule has 1 N–H and O–H groups in total. The van der Waals surface area contributed by atoms with Crippen molar-refractivity contribution in [2.45, 2.75) is 31.9 Å². The number of hydrogen-bond donors (Lipinski definition) is 1. The summed E-state index contributed by atoms with van der Waals surface area (Å²) in [5, 5.41) is 16.0. The van der Waals surface area contributed by atoms with Crippen LogP contribution >= 0.6 is 0 Å². The largest absolute Gasteiger partial charge is 0.495 e. The highest BCUT2D eigenvalue weighted by Crippen LogP contribution is 2.36. The highest BCUT2D eigenvalue weighted by atomic mass is 16.5. The minimum Gasteiger partial charge on any atom is -0.495 e. The molecule has 0 saturated carbocycles. The summed E-state index contributed by atoms with van der Waals surface area (Å²) >= 11 is 0. The monoisotopic (exact) mass is 427 g/mol. The fourth-order valence-corrected chi connectivity index (χ4v) is 4.21. The smallest absolute Gasteiger partial charge is 0.174 e. The lowest BCUT2D eigenvalue weighted by atomic mass is 9.86. The average molecular weight is 428 g/mol. The summed E-state index contributed by atoms with van der Waals surface area (Å²) in [6.45, 7) is 2.70. The molecule has 1 aliphatic rings. The molecule has 0 saturated heterocycles. The summed E-state index contributed by atoms with van der Waals surface area (Å²) in [6, 6.07) is 15.7. The number of imidazole rings is 1. The van der Waals surface area contributed by atoms with Crippen LogP contribution in [0.25, 0.3) is 17.8 Å². The maximum absolute atomic E-state index is 11.4. The van der Waals surface area contributed by atoms with Gasteiger partial charge in [0.2, 0.25) is 0 Å². The molecule has 5 rings (SSSR count). The van der Waals surface area contributed by atoms with E-state index in [4.69, 9.17) is 4.74 Å². The highest BCUT2D eigenvalue weighted by molar-refractivity contribution is 5.69. The predicted molar refractivity (Wildman–Crippen MR) is 122 cm³/mol. The number of aromatic nitrogens is 5. The van der Waals surface area contributed by atoms with Crippen molar-refractivity contribution in [1.82, 2.24) is 24.3 Å². The zero-order chi connectivity index (χ0) is 22.1. The van der Waals surface area contributed by atoms with Crippen LogP contribution in [0.3, 0.4) is 0 Å². The average Bonchev–Trinajstić information content (AvgIpc) is 3.45. The lowest BCUT2D eigenvalue weighted by Crippen LogP contribution is -2.35. The first kappa shape index (κ1) is 20.2. The van der Waals surface area contributed by atoms with Gasteiger partial charge in [-0.05, 0) is 49.1 Å². The Labute approximate surface area is 186 Å². The van der Waals surface area contributed by atoms with Crippen LogP contribution in [-0.2, 0) is 12.1 Å². The van der Waals surface area contributed by atoms with Crippen LogP contribution in [0.15, 0.2) is 61.1 Å². The van der Waals surface area contributed by atoms with Crippen LogP contribution in [-0.4, -0.2) is 36.5 Å². The van der Waals surface area contributed by atoms with Gasteiger partial charge in [-0.25, -0.2) is 14.6 Å². The van der Waals surface area contributed by atoms with Crippen molar-refractivity contribution in [2.24, 2.45) is 0 Å². The molecule has 32 heavy (non-hydrogen) atoms. The van der Waals surface area contributed by atoms with Crippen molar-refractivity contribution in [2.75, 3.05) is 7.11 Å². The van der Waals surface area contributed by atoms with Gasteiger partial charge in [0.15, 0.2) is 11.6 Å². The number of ether oxygens (including phenoxy) is 1. The van der Waals surface area contributed by atoms with Crippen molar-refractivity contribution in [3.05, 3.63) is 89.5 Å². The third-order valence-electron chi connectivity index (χ3n) is 5.84. The molecule has 2 aromatic carbocycles. The van der Waals surface area contributed by atoms with E-state index in [1.165, 1.54) is 0 Å². The lowest BCUT2D eigenvalue weighted by molar-refractivity contribution is 0.0395. The lowest BCUT2D eigenvalue weighted by Gasteiger charge is -2.31. The second-order valence-electron chi connectivity index (χ2n) is 8.03. The number of nitrogens with zero attached hydrogens (tertiary/aromatic N) is 5. The number of hydrogen-bond acceptors (Lipinski definition) is 5. The summed E-state index contributed by atoms with van der Waals surface area (Å²) in [4.78, 5) is 8.96. The number of aryl methyl sites for hydroxylation is 2. The molecule has 0 spiro atoms. The third kappa shape index (κ3) is 3.61. The van der Waals surface area contributed by atoms with Crippen LogP contribution in [0, 0.1) is 6.92 Å².